The third kappa shape index (κ3) is 4.30. The number of carbonyl (C=O) groups is 2. The van der Waals surface area contributed by atoms with Crippen molar-refractivity contribution in [2.45, 2.75) is 12.5 Å². The molecule has 0 aliphatic heterocycles. The number of hydrogen-bond donors (Lipinski definition) is 2. The lowest BCUT2D eigenvalue weighted by atomic mass is 10.0. The van der Waals surface area contributed by atoms with Crippen LogP contribution in [0.2, 0.25) is 5.02 Å². The summed E-state index contributed by atoms with van der Waals surface area (Å²) in [6.07, 6.45) is -0.0776. The number of hydrogen-bond acceptors (Lipinski definition) is 4. The van der Waals surface area contributed by atoms with Gasteiger partial charge in [0.15, 0.2) is 0 Å². The standard InChI is InChI=1S/C16H14ClN3O4/c17-12-7-5-10(6-8-12)16(22)19-13(15(18)21)9-11-3-1-2-4-14(11)20(23)24/h1-8,13H,9H2,(H2,18,21)(H,19,22)/t13-/m0/s1. The molecule has 0 heterocycles. The summed E-state index contributed by atoms with van der Waals surface area (Å²) in [5, 5.41) is 14.0. The third-order valence-corrected chi connectivity index (χ3v) is 3.62. The van der Waals surface area contributed by atoms with E-state index >= 15 is 0 Å². The fourth-order valence-corrected chi connectivity index (χ4v) is 2.27. The first kappa shape index (κ1) is 17.4. The molecule has 0 spiro atoms. The summed E-state index contributed by atoms with van der Waals surface area (Å²) in [5.74, 6) is -1.30. The van der Waals surface area contributed by atoms with E-state index in [1.165, 1.54) is 42.5 Å². The first-order valence-corrected chi connectivity index (χ1v) is 7.34. The second kappa shape index (κ2) is 7.56. The molecule has 2 rings (SSSR count). The van der Waals surface area contributed by atoms with Crippen molar-refractivity contribution in [2.75, 3.05) is 0 Å². The molecule has 2 aromatic carbocycles. The average molecular weight is 348 g/mol. The molecule has 124 valence electrons. The zero-order valence-electron chi connectivity index (χ0n) is 12.4. The van der Waals surface area contributed by atoms with Gasteiger partial charge in [0.05, 0.1) is 4.92 Å². The fourth-order valence-electron chi connectivity index (χ4n) is 2.15. The van der Waals surface area contributed by atoms with E-state index in [4.69, 9.17) is 17.3 Å². The quantitative estimate of drug-likeness (QED) is 0.614. The Labute approximate surface area is 142 Å². The summed E-state index contributed by atoms with van der Waals surface area (Å²) in [6, 6.07) is 11.0. The maximum absolute atomic E-state index is 12.2. The molecule has 0 bridgehead atoms. The van der Waals surface area contributed by atoms with Crippen molar-refractivity contribution in [1.82, 2.24) is 5.32 Å². The number of nitro benzene ring substituents is 1. The second-order valence-corrected chi connectivity index (χ2v) is 5.46. The molecular weight excluding hydrogens is 334 g/mol. The van der Waals surface area contributed by atoms with E-state index in [2.05, 4.69) is 5.32 Å². The van der Waals surface area contributed by atoms with Crippen LogP contribution in [0.15, 0.2) is 48.5 Å². The van der Waals surface area contributed by atoms with Crippen LogP contribution in [0.25, 0.3) is 0 Å². The number of para-hydroxylation sites is 1. The normalized spacial score (nSPS) is 11.5. The molecule has 3 N–H and O–H groups in total. The van der Waals surface area contributed by atoms with E-state index in [0.717, 1.165) is 0 Å². The number of nitrogens with two attached hydrogens (primary N) is 1. The maximum Gasteiger partial charge on any atom is 0.272 e. The van der Waals surface area contributed by atoms with Crippen molar-refractivity contribution in [3.05, 3.63) is 74.8 Å². The molecular formula is C16H14ClN3O4. The smallest absolute Gasteiger partial charge is 0.272 e. The summed E-state index contributed by atoms with van der Waals surface area (Å²) >= 11 is 5.76. The molecule has 1 atom stereocenters. The minimum atomic E-state index is -1.07. The van der Waals surface area contributed by atoms with Gasteiger partial charge in [-0.25, -0.2) is 0 Å². The van der Waals surface area contributed by atoms with E-state index in [9.17, 15) is 19.7 Å². The molecule has 7 nitrogen and oxygen atoms in total. The van der Waals surface area contributed by atoms with Crippen molar-refractivity contribution in [3.63, 3.8) is 0 Å². The number of nitro groups is 1. The van der Waals surface area contributed by atoms with Gasteiger partial charge in [-0.3, -0.25) is 19.7 Å². The number of nitrogens with one attached hydrogen (secondary N) is 1. The molecule has 8 heteroatoms. The highest BCUT2D eigenvalue weighted by Gasteiger charge is 2.23. The monoisotopic (exact) mass is 347 g/mol. The Morgan fingerprint density at radius 3 is 2.38 bits per heavy atom. The maximum atomic E-state index is 12.2. The summed E-state index contributed by atoms with van der Waals surface area (Å²) in [6.45, 7) is 0. The van der Waals surface area contributed by atoms with E-state index in [1.807, 2.05) is 0 Å². The van der Waals surface area contributed by atoms with Crippen LogP contribution < -0.4 is 11.1 Å². The zero-order valence-corrected chi connectivity index (χ0v) is 13.2. The van der Waals surface area contributed by atoms with Crippen molar-refractivity contribution < 1.29 is 14.5 Å². The molecule has 0 fully saturated rings. The first-order valence-electron chi connectivity index (χ1n) is 6.96. The number of rotatable bonds is 6. The van der Waals surface area contributed by atoms with Gasteiger partial charge in [0.2, 0.25) is 5.91 Å². The van der Waals surface area contributed by atoms with E-state index in [0.29, 0.717) is 16.1 Å². The summed E-state index contributed by atoms with van der Waals surface area (Å²) in [7, 11) is 0. The van der Waals surface area contributed by atoms with Gasteiger partial charge < -0.3 is 11.1 Å². The number of halogens is 1. The molecule has 0 unspecified atom stereocenters. The number of carbonyl (C=O) groups excluding carboxylic acids is 2. The van der Waals surface area contributed by atoms with Crippen LogP contribution in [0.4, 0.5) is 5.69 Å². The Morgan fingerprint density at radius 2 is 1.79 bits per heavy atom. The van der Waals surface area contributed by atoms with Crippen molar-refractivity contribution in [1.29, 1.82) is 0 Å². The van der Waals surface area contributed by atoms with Crippen LogP contribution in [0, 0.1) is 10.1 Å². The van der Waals surface area contributed by atoms with Crippen molar-refractivity contribution in [2.24, 2.45) is 5.73 Å². The van der Waals surface area contributed by atoms with E-state index < -0.39 is 22.8 Å². The van der Waals surface area contributed by atoms with E-state index in [-0.39, 0.29) is 12.1 Å². The second-order valence-electron chi connectivity index (χ2n) is 5.03. The minimum absolute atomic E-state index is 0.0776. The Morgan fingerprint density at radius 1 is 1.17 bits per heavy atom. The van der Waals surface area contributed by atoms with Gasteiger partial charge in [-0.1, -0.05) is 29.8 Å². The molecule has 0 saturated carbocycles. The Bertz CT molecular complexity index is 777. The van der Waals surface area contributed by atoms with Gasteiger partial charge in [0.25, 0.3) is 11.6 Å². The van der Waals surface area contributed by atoms with Gasteiger partial charge >= 0.3 is 0 Å². The van der Waals surface area contributed by atoms with Crippen LogP contribution in [0.1, 0.15) is 15.9 Å². The number of primary amides is 1. The minimum Gasteiger partial charge on any atom is -0.368 e. The summed E-state index contributed by atoms with van der Waals surface area (Å²) < 4.78 is 0. The lowest BCUT2D eigenvalue weighted by Gasteiger charge is -2.15. The predicted molar refractivity (Wildman–Crippen MR) is 88.7 cm³/mol. The molecule has 24 heavy (non-hydrogen) atoms. The molecule has 2 amide bonds. The van der Waals surface area contributed by atoms with Crippen LogP contribution in [0.3, 0.4) is 0 Å². The van der Waals surface area contributed by atoms with Gasteiger partial charge in [0.1, 0.15) is 6.04 Å². The van der Waals surface area contributed by atoms with Gasteiger partial charge in [0, 0.05) is 28.6 Å². The highest BCUT2D eigenvalue weighted by Crippen LogP contribution is 2.19. The fraction of sp³-hybridized carbons (Fsp3) is 0.125. The molecule has 2 aromatic rings. The van der Waals surface area contributed by atoms with Crippen LogP contribution in [-0.2, 0) is 11.2 Å². The predicted octanol–water partition coefficient (Wildman–Crippen LogP) is 2.07. The summed E-state index contributed by atoms with van der Waals surface area (Å²) in [5.41, 5.74) is 5.79. The van der Waals surface area contributed by atoms with Gasteiger partial charge in [-0.2, -0.15) is 0 Å². The zero-order chi connectivity index (χ0) is 17.7. The number of benzene rings is 2. The van der Waals surface area contributed by atoms with Gasteiger partial charge in [-0.15, -0.1) is 0 Å². The third-order valence-electron chi connectivity index (χ3n) is 3.37. The van der Waals surface area contributed by atoms with Crippen molar-refractivity contribution >= 4 is 29.1 Å². The van der Waals surface area contributed by atoms with E-state index in [1.54, 1.807) is 6.07 Å². The average Bonchev–Trinajstić information content (AvgIpc) is 2.55. The molecule has 0 aliphatic carbocycles. The van der Waals surface area contributed by atoms with Gasteiger partial charge in [-0.05, 0) is 24.3 Å². The number of amides is 2. The topological polar surface area (TPSA) is 115 Å². The molecule has 0 saturated heterocycles. The lowest BCUT2D eigenvalue weighted by molar-refractivity contribution is -0.385. The lowest BCUT2D eigenvalue weighted by Crippen LogP contribution is -2.45. The van der Waals surface area contributed by atoms with Crippen LogP contribution in [0.5, 0.6) is 0 Å². The SMILES string of the molecule is NC(=O)[C@H](Cc1ccccc1[N+](=O)[O-])NC(=O)c1ccc(Cl)cc1. The first-order chi connectivity index (χ1) is 11.4. The Kier molecular flexibility index (Phi) is 5.49. The highest BCUT2D eigenvalue weighted by atomic mass is 35.5. The Balaban J connectivity index is 2.19. The Hall–Kier alpha value is -2.93. The summed E-state index contributed by atoms with van der Waals surface area (Å²) in [4.78, 5) is 34.3. The molecule has 0 aromatic heterocycles. The van der Waals surface area contributed by atoms with Crippen LogP contribution >= 0.6 is 11.6 Å². The van der Waals surface area contributed by atoms with Crippen LogP contribution in [-0.4, -0.2) is 22.8 Å². The highest BCUT2D eigenvalue weighted by molar-refractivity contribution is 6.30. The largest absolute Gasteiger partial charge is 0.368 e. The number of nitrogens with zero attached hydrogens (tertiary/aromatic N) is 1. The molecule has 0 aliphatic rings. The van der Waals surface area contributed by atoms with Crippen molar-refractivity contribution in [3.8, 4) is 0 Å². The molecule has 0 radical (unpaired) electrons.